The summed E-state index contributed by atoms with van der Waals surface area (Å²) in [4.78, 5) is 38.4. The predicted molar refractivity (Wildman–Crippen MR) is 171 cm³/mol. The summed E-state index contributed by atoms with van der Waals surface area (Å²) in [5.41, 5.74) is -3.75. The topological polar surface area (TPSA) is 222 Å². The van der Waals surface area contributed by atoms with Crippen LogP contribution in [0, 0.1) is 6.92 Å². The second kappa shape index (κ2) is 10.4. The minimum absolute atomic E-state index is 0.0495. The van der Waals surface area contributed by atoms with E-state index < -0.39 is 100 Å². The lowest BCUT2D eigenvalue weighted by molar-refractivity contribution is -0.374. The minimum atomic E-state index is -2.18. The Morgan fingerprint density at radius 2 is 1.81 bits per heavy atom. The van der Waals surface area contributed by atoms with Gasteiger partial charge >= 0.3 is 5.97 Å². The molecule has 0 amide bonds. The molecule has 5 fully saturated rings. The molecule has 5 heterocycles. The molecular formula is C36H40O16. The van der Waals surface area contributed by atoms with E-state index in [9.17, 15) is 34.8 Å². The number of carbonyl (C=O) groups excluding carboxylic acids is 3. The molecule has 4 N–H and O–H groups in total. The maximum absolute atomic E-state index is 13.5. The van der Waals surface area contributed by atoms with Crippen molar-refractivity contribution in [3.05, 3.63) is 28.3 Å². The molecule has 5 aliphatic heterocycles. The average molecular weight is 729 g/mol. The van der Waals surface area contributed by atoms with Crippen LogP contribution in [0.25, 0.3) is 10.8 Å². The van der Waals surface area contributed by atoms with Crippen LogP contribution in [0.5, 0.6) is 17.2 Å². The van der Waals surface area contributed by atoms with Crippen molar-refractivity contribution in [2.24, 2.45) is 0 Å². The number of carbonyl (C=O) groups is 3. The Hall–Kier alpha value is -3.45. The van der Waals surface area contributed by atoms with Gasteiger partial charge in [-0.1, -0.05) is 0 Å². The van der Waals surface area contributed by atoms with Gasteiger partial charge in [-0.05, 0) is 39.3 Å². The molecule has 16 heteroatoms. The fourth-order valence-corrected chi connectivity index (χ4v) is 10.2. The number of hydrogen-bond donors (Lipinski definition) is 4. The number of aliphatic hydroxyl groups excluding tert-OH is 2. The second-order valence-corrected chi connectivity index (χ2v) is 15.0. The average Bonchev–Trinajstić information content (AvgIpc) is 3.99. The van der Waals surface area contributed by atoms with Crippen molar-refractivity contribution in [3.8, 4) is 17.2 Å². The van der Waals surface area contributed by atoms with Crippen LogP contribution >= 0.6 is 0 Å². The number of ketones is 2. The van der Waals surface area contributed by atoms with Gasteiger partial charge in [-0.3, -0.25) is 14.4 Å². The van der Waals surface area contributed by atoms with Crippen molar-refractivity contribution < 1.29 is 77.4 Å². The highest BCUT2D eigenvalue weighted by molar-refractivity contribution is 6.13. The third kappa shape index (κ3) is 3.61. The Kier molecular flexibility index (Phi) is 6.86. The molecule has 16 nitrogen and oxygen atoms in total. The number of rotatable bonds is 7. The molecule has 7 aliphatic rings. The molecule has 2 spiro atoms. The van der Waals surface area contributed by atoms with E-state index in [0.29, 0.717) is 16.5 Å². The van der Waals surface area contributed by atoms with Crippen LogP contribution < -0.4 is 9.47 Å². The van der Waals surface area contributed by atoms with E-state index >= 15 is 0 Å². The van der Waals surface area contributed by atoms with Crippen molar-refractivity contribution in [1.82, 2.24) is 0 Å². The highest BCUT2D eigenvalue weighted by atomic mass is 16.9. The van der Waals surface area contributed by atoms with E-state index in [1.807, 2.05) is 13.8 Å². The maximum Gasteiger partial charge on any atom is 0.303 e. The highest BCUT2D eigenvalue weighted by Gasteiger charge is 3.07. The first kappa shape index (κ1) is 34.3. The molecule has 2 aromatic carbocycles. The van der Waals surface area contributed by atoms with E-state index in [4.69, 9.17) is 42.6 Å². The second-order valence-electron chi connectivity index (χ2n) is 15.0. The van der Waals surface area contributed by atoms with E-state index in [-0.39, 0.29) is 47.5 Å². The first-order valence-electron chi connectivity index (χ1n) is 17.3. The number of phenols is 1. The van der Waals surface area contributed by atoms with E-state index in [1.165, 1.54) is 28.1 Å². The Balaban J connectivity index is 1.26. The number of hydrogen-bond acceptors (Lipinski definition) is 16. The summed E-state index contributed by atoms with van der Waals surface area (Å²) in [6.07, 6.45) is -8.82. The van der Waals surface area contributed by atoms with Crippen LogP contribution in [0.2, 0.25) is 0 Å². The number of epoxide rings is 2. The zero-order valence-corrected chi connectivity index (χ0v) is 29.5. The number of aliphatic hydroxyl groups is 3. The molecule has 52 heavy (non-hydrogen) atoms. The smallest absolute Gasteiger partial charge is 0.303 e. The lowest BCUT2D eigenvalue weighted by Crippen LogP contribution is -2.69. The van der Waals surface area contributed by atoms with Crippen molar-refractivity contribution in [2.45, 2.75) is 125 Å². The molecule has 1 saturated carbocycles. The van der Waals surface area contributed by atoms with Gasteiger partial charge in [0.15, 0.2) is 34.7 Å². The molecular weight excluding hydrogens is 688 g/mol. The molecule has 4 saturated heterocycles. The Morgan fingerprint density at radius 1 is 1.10 bits per heavy atom. The quantitative estimate of drug-likeness (QED) is 0.232. The number of phenolic OH excluding ortho intramolecular Hbond substituents is 1. The number of ether oxygens (including phenoxy) is 9. The Morgan fingerprint density at radius 3 is 2.42 bits per heavy atom. The van der Waals surface area contributed by atoms with E-state index in [0.717, 1.165) is 6.92 Å². The minimum Gasteiger partial charge on any atom is -0.506 e. The molecule has 280 valence electrons. The van der Waals surface area contributed by atoms with Crippen LogP contribution in [0.15, 0.2) is 6.07 Å². The zero-order valence-electron chi connectivity index (χ0n) is 29.5. The molecule has 13 atom stereocenters. The number of Topliss-reactive ketones (excluding diaryl/α,β-unsaturated/α-hetero) is 2. The van der Waals surface area contributed by atoms with Crippen molar-refractivity contribution in [1.29, 1.82) is 0 Å². The first-order valence-corrected chi connectivity index (χ1v) is 17.3. The SMILES string of the molecule is COc1c2c(c(O)c3c4c(c(C)cc13)C1C3OC5([C@H](C)OC)OC15[C@]1(CO1)[C@]3(OC1CC(OC(C)=O)C(O)(C(C)=O)C(C)O1)O4)C(=O)[C@@H](O)C[C@@H]2O. The molecule has 8 unspecified atom stereocenters. The van der Waals surface area contributed by atoms with Crippen molar-refractivity contribution >= 4 is 28.3 Å². The fourth-order valence-electron chi connectivity index (χ4n) is 10.2. The fraction of sp³-hybridized carbons (Fsp3) is 0.639. The van der Waals surface area contributed by atoms with Crippen LogP contribution in [0.1, 0.15) is 79.6 Å². The standard InChI is InChI=1S/C36H40O16/c1-12-8-17-23(28(42)25-24(29(17)45-7)18(39)9-19(40)27(25)41)30-22(12)26-31-36(50-30,32(11-46-32)34(26)35(51-31,52-34)15(4)44-6)49-21-10-20(48-16(5)38)33(43,13(2)37)14(3)47-21/h8,14-15,18-21,26,31,39-40,42-43H,9-11H2,1-7H3/t14?,15-,18-,19-,20?,21?,26?,31?,32+,33?,34?,35?,36+/m0/s1. The monoisotopic (exact) mass is 728 g/mol. The molecule has 2 aliphatic carbocycles. The summed E-state index contributed by atoms with van der Waals surface area (Å²) in [6, 6.07) is 1.77. The lowest BCUT2D eigenvalue weighted by atomic mass is 9.77. The number of aryl methyl sites for hydroxylation is 1. The van der Waals surface area contributed by atoms with Gasteiger partial charge in [-0.15, -0.1) is 0 Å². The van der Waals surface area contributed by atoms with Gasteiger partial charge in [0.25, 0.3) is 5.79 Å². The zero-order chi connectivity index (χ0) is 37.2. The third-order valence-electron chi connectivity index (χ3n) is 12.6. The van der Waals surface area contributed by atoms with Gasteiger partial charge in [-0.2, -0.15) is 0 Å². The predicted octanol–water partition coefficient (Wildman–Crippen LogP) is 1.10. The normalized spacial score (nSPS) is 43.7. The Labute approximate surface area is 296 Å². The summed E-state index contributed by atoms with van der Waals surface area (Å²) >= 11 is 0. The lowest BCUT2D eigenvalue weighted by Gasteiger charge is -2.49. The van der Waals surface area contributed by atoms with Crippen LogP contribution in [0.3, 0.4) is 0 Å². The summed E-state index contributed by atoms with van der Waals surface area (Å²) in [7, 11) is 2.91. The molecule has 4 bridgehead atoms. The Bertz CT molecular complexity index is 1990. The maximum atomic E-state index is 13.5. The summed E-state index contributed by atoms with van der Waals surface area (Å²) < 4.78 is 56.8. The number of esters is 1. The summed E-state index contributed by atoms with van der Waals surface area (Å²) in [6.45, 7) is 7.53. The van der Waals surface area contributed by atoms with Crippen molar-refractivity contribution in [3.63, 3.8) is 0 Å². The van der Waals surface area contributed by atoms with Gasteiger partial charge in [0, 0.05) is 43.4 Å². The van der Waals surface area contributed by atoms with Gasteiger partial charge in [-0.25, -0.2) is 0 Å². The highest BCUT2D eigenvalue weighted by Crippen LogP contribution is 2.85. The third-order valence-corrected chi connectivity index (χ3v) is 12.6. The summed E-state index contributed by atoms with van der Waals surface area (Å²) in [5.74, 6) is -6.33. The van der Waals surface area contributed by atoms with Crippen LogP contribution in [0.4, 0.5) is 0 Å². The first-order chi connectivity index (χ1) is 24.5. The van der Waals surface area contributed by atoms with Gasteiger partial charge in [0.2, 0.25) is 5.79 Å². The van der Waals surface area contributed by atoms with E-state index in [1.54, 1.807) is 6.07 Å². The molecule has 2 aromatic rings. The van der Waals surface area contributed by atoms with Gasteiger partial charge in [0.05, 0.1) is 42.8 Å². The van der Waals surface area contributed by atoms with Crippen LogP contribution in [-0.2, 0) is 42.7 Å². The number of fused-ring (bicyclic) bond motifs is 5. The number of methoxy groups -OCH3 is 2. The largest absolute Gasteiger partial charge is 0.506 e. The summed E-state index contributed by atoms with van der Waals surface area (Å²) in [5, 5.41) is 45.4. The molecule has 0 radical (unpaired) electrons. The van der Waals surface area contributed by atoms with Crippen molar-refractivity contribution in [2.75, 3.05) is 20.8 Å². The van der Waals surface area contributed by atoms with Gasteiger partial charge < -0.3 is 63.1 Å². The van der Waals surface area contributed by atoms with E-state index in [2.05, 4.69) is 0 Å². The van der Waals surface area contributed by atoms with Crippen LogP contribution in [-0.4, -0.2) is 124 Å². The number of benzene rings is 2. The molecule has 0 aromatic heterocycles. The molecule has 9 rings (SSSR count). The van der Waals surface area contributed by atoms with Gasteiger partial charge in [0.1, 0.15) is 41.7 Å². The number of aromatic hydroxyl groups is 1.